The number of carbonyl (C=O) groups excluding carboxylic acids is 1. The van der Waals surface area contributed by atoms with Gasteiger partial charge < -0.3 is 56.1 Å². The number of carbonyl (C=O) groups is 1. The zero-order valence-corrected chi connectivity index (χ0v) is 24.2. The Morgan fingerprint density at radius 2 is 1.55 bits per heavy atom. The van der Waals surface area contributed by atoms with Crippen molar-refractivity contribution in [3.8, 4) is 0 Å². The summed E-state index contributed by atoms with van der Waals surface area (Å²) in [5.74, 6) is -0.658. The maximum absolute atomic E-state index is 12.4. The zero-order valence-electron chi connectivity index (χ0n) is 22.4. The number of anilines is 1. The SMILES string of the molecule is NC(=O)C1=CN([C@@H]2O[C@H](COP(=O)(O)OP(=O)(O)OC[C@H]3O[C@@H](n4cnc5c(N)ncnc54)[C@H](O)[C@H]3O)[C@H](O)[C@H]2O)C=CC1. The van der Waals surface area contributed by atoms with Gasteiger partial charge in [0.1, 0.15) is 48.5 Å². The first-order chi connectivity index (χ1) is 20.7. The highest BCUT2D eigenvalue weighted by molar-refractivity contribution is 7.61. The summed E-state index contributed by atoms with van der Waals surface area (Å²) in [6.07, 6.45) is -4.88. The number of hydrogen-bond donors (Lipinski definition) is 8. The second-order valence-corrected chi connectivity index (χ2v) is 12.9. The molecule has 3 aliphatic rings. The van der Waals surface area contributed by atoms with E-state index in [1.807, 2.05) is 0 Å². The van der Waals surface area contributed by atoms with Crippen LogP contribution in [0, 0.1) is 0 Å². The number of nitrogen functional groups attached to an aromatic ring is 1. The maximum atomic E-state index is 12.4. The Labute approximate surface area is 247 Å². The van der Waals surface area contributed by atoms with Crippen molar-refractivity contribution >= 4 is 38.5 Å². The molecular weight excluding hydrogens is 636 g/mol. The Hall–Kier alpha value is -2.88. The largest absolute Gasteiger partial charge is 0.481 e. The first kappa shape index (κ1) is 32.5. The number of phosphoric ester groups is 2. The third kappa shape index (κ3) is 6.70. The third-order valence-corrected chi connectivity index (χ3v) is 9.48. The molecule has 0 aliphatic carbocycles. The molecule has 5 heterocycles. The molecule has 23 heteroatoms. The first-order valence-corrected chi connectivity index (χ1v) is 15.7. The van der Waals surface area contributed by atoms with Crippen LogP contribution in [0.25, 0.3) is 11.2 Å². The minimum atomic E-state index is -5.37. The lowest BCUT2D eigenvalue weighted by molar-refractivity contribution is -0.115. The molecule has 10 N–H and O–H groups in total. The second kappa shape index (κ2) is 12.5. The van der Waals surface area contributed by atoms with Crippen molar-refractivity contribution in [2.24, 2.45) is 5.73 Å². The summed E-state index contributed by atoms with van der Waals surface area (Å²) in [4.78, 5) is 44.6. The van der Waals surface area contributed by atoms with Gasteiger partial charge >= 0.3 is 15.6 Å². The number of allylic oxidation sites excluding steroid dienone is 1. The number of phosphoric acid groups is 2. The molecule has 0 bridgehead atoms. The smallest absolute Gasteiger partial charge is 0.387 e. The standard InChI is InChI=1S/C21H29N7O14P2/c22-17-12-19(25-7-24-17)28(8-26-12)21-16(32)14(30)11(41-21)6-39-44(36,37)42-43(34,35)38-5-10-13(29)15(31)20(40-10)27-3-1-2-9(4-27)18(23)33/h1,3-4,7-8,10-11,13-16,20-21,29-32H,2,5-6H2,(H2,23,33)(H,34,35)(H,36,37)(H2,22,24,25)/t10-,11-,13+,14+,15-,16-,20-,21-/m1/s1. The molecule has 2 unspecified atom stereocenters. The van der Waals surface area contributed by atoms with Crippen LogP contribution in [0.5, 0.6) is 0 Å². The minimum Gasteiger partial charge on any atom is -0.387 e. The van der Waals surface area contributed by atoms with Crippen LogP contribution in [0.4, 0.5) is 5.82 Å². The number of imidazole rings is 1. The molecule has 2 aromatic heterocycles. The number of nitrogens with two attached hydrogens (primary N) is 2. The number of nitrogens with zero attached hydrogens (tertiary/aromatic N) is 5. The lowest BCUT2D eigenvalue weighted by Gasteiger charge is -2.28. The minimum absolute atomic E-state index is 0.0517. The highest BCUT2D eigenvalue weighted by atomic mass is 31.3. The van der Waals surface area contributed by atoms with Crippen LogP contribution < -0.4 is 11.5 Å². The molecule has 3 aliphatic heterocycles. The Morgan fingerprint density at radius 1 is 0.955 bits per heavy atom. The van der Waals surface area contributed by atoms with E-state index in [9.17, 15) is 44.1 Å². The van der Waals surface area contributed by atoms with E-state index in [1.165, 1.54) is 28.2 Å². The molecule has 44 heavy (non-hydrogen) atoms. The predicted molar refractivity (Wildman–Crippen MR) is 142 cm³/mol. The number of aromatic nitrogens is 4. The molecule has 0 radical (unpaired) electrons. The fourth-order valence-electron chi connectivity index (χ4n) is 4.68. The van der Waals surface area contributed by atoms with E-state index in [0.717, 1.165) is 6.33 Å². The van der Waals surface area contributed by atoms with Gasteiger partial charge in [-0.2, -0.15) is 4.31 Å². The van der Waals surface area contributed by atoms with Gasteiger partial charge in [-0.3, -0.25) is 18.4 Å². The number of hydrogen-bond acceptors (Lipinski definition) is 17. The lowest BCUT2D eigenvalue weighted by atomic mass is 10.1. The van der Waals surface area contributed by atoms with Crippen molar-refractivity contribution in [1.82, 2.24) is 24.4 Å². The fourth-order valence-corrected chi connectivity index (χ4v) is 6.77. The van der Waals surface area contributed by atoms with Crippen molar-refractivity contribution in [3.05, 3.63) is 36.7 Å². The molecule has 21 nitrogen and oxygen atoms in total. The quantitative estimate of drug-likeness (QED) is 0.113. The van der Waals surface area contributed by atoms with E-state index in [0.29, 0.717) is 0 Å². The van der Waals surface area contributed by atoms with Gasteiger partial charge in [0, 0.05) is 18.0 Å². The van der Waals surface area contributed by atoms with Crippen LogP contribution in [0.3, 0.4) is 0 Å². The van der Waals surface area contributed by atoms with E-state index in [1.54, 1.807) is 6.08 Å². The molecule has 1 amide bonds. The lowest BCUT2D eigenvalue weighted by Crippen LogP contribution is -2.40. The Kier molecular flexibility index (Phi) is 9.23. The summed E-state index contributed by atoms with van der Waals surface area (Å²) in [6, 6.07) is 0. The van der Waals surface area contributed by atoms with Gasteiger partial charge in [0.25, 0.3) is 0 Å². The summed E-state index contributed by atoms with van der Waals surface area (Å²) in [7, 11) is -10.7. The molecule has 2 saturated heterocycles. The molecule has 0 saturated carbocycles. The third-order valence-electron chi connectivity index (χ3n) is 6.88. The molecule has 10 atom stereocenters. The van der Waals surface area contributed by atoms with Gasteiger partial charge in [0.05, 0.1) is 19.5 Å². The van der Waals surface area contributed by atoms with Crippen molar-refractivity contribution in [1.29, 1.82) is 0 Å². The van der Waals surface area contributed by atoms with Crippen LogP contribution >= 0.6 is 15.6 Å². The average Bonchev–Trinajstić information content (AvgIpc) is 3.61. The van der Waals surface area contributed by atoms with Gasteiger partial charge in [0.15, 0.2) is 23.9 Å². The highest BCUT2D eigenvalue weighted by Crippen LogP contribution is 2.60. The van der Waals surface area contributed by atoms with Crippen molar-refractivity contribution in [2.45, 2.75) is 55.5 Å². The van der Waals surface area contributed by atoms with Crippen LogP contribution in [0.15, 0.2) is 36.7 Å². The van der Waals surface area contributed by atoms with Crippen LogP contribution in [0.2, 0.25) is 0 Å². The number of amides is 1. The fraction of sp³-hybridized carbons (Fsp3) is 0.524. The van der Waals surface area contributed by atoms with Crippen LogP contribution in [0.1, 0.15) is 12.6 Å². The van der Waals surface area contributed by atoms with E-state index in [4.69, 9.17) is 30.0 Å². The van der Waals surface area contributed by atoms with Gasteiger partial charge in [-0.1, -0.05) is 6.08 Å². The topological polar surface area (TPSA) is 318 Å². The van der Waals surface area contributed by atoms with Crippen molar-refractivity contribution in [2.75, 3.05) is 18.9 Å². The normalized spacial score (nSPS) is 33.3. The summed E-state index contributed by atoms with van der Waals surface area (Å²) < 4.78 is 50.8. The average molecular weight is 665 g/mol. The van der Waals surface area contributed by atoms with E-state index >= 15 is 0 Å². The molecule has 0 aromatic carbocycles. The molecule has 242 valence electrons. The number of aliphatic hydroxyl groups excluding tert-OH is 4. The van der Waals surface area contributed by atoms with Gasteiger partial charge in [0.2, 0.25) is 5.91 Å². The van der Waals surface area contributed by atoms with Gasteiger partial charge in [-0.15, -0.1) is 0 Å². The van der Waals surface area contributed by atoms with E-state index < -0.39 is 83.8 Å². The second-order valence-electron chi connectivity index (χ2n) is 9.84. The van der Waals surface area contributed by atoms with Crippen LogP contribution in [-0.4, -0.2) is 117 Å². The molecule has 2 fully saturated rings. The van der Waals surface area contributed by atoms with Crippen molar-refractivity contribution in [3.63, 3.8) is 0 Å². The Balaban J connectivity index is 1.15. The van der Waals surface area contributed by atoms with Gasteiger partial charge in [-0.25, -0.2) is 24.1 Å². The molecule has 2 aromatic rings. The number of aliphatic hydroxyl groups is 4. The summed E-state index contributed by atoms with van der Waals surface area (Å²) in [5, 5.41) is 41.6. The monoisotopic (exact) mass is 665 g/mol. The summed E-state index contributed by atoms with van der Waals surface area (Å²) >= 11 is 0. The summed E-state index contributed by atoms with van der Waals surface area (Å²) in [5.41, 5.74) is 11.6. The number of ether oxygens (including phenoxy) is 2. The molecule has 0 spiro atoms. The van der Waals surface area contributed by atoms with Gasteiger partial charge in [-0.05, 0) is 6.42 Å². The molecular formula is C21H29N7O14P2. The Bertz CT molecular complexity index is 1560. The maximum Gasteiger partial charge on any atom is 0.481 e. The van der Waals surface area contributed by atoms with Crippen molar-refractivity contribution < 1.29 is 67.0 Å². The highest BCUT2D eigenvalue weighted by Gasteiger charge is 2.48. The first-order valence-electron chi connectivity index (χ1n) is 12.7. The number of rotatable bonds is 11. The predicted octanol–water partition coefficient (Wildman–Crippen LogP) is -2.69. The van der Waals surface area contributed by atoms with E-state index in [-0.39, 0.29) is 29.0 Å². The van der Waals surface area contributed by atoms with Crippen LogP contribution in [-0.2, 0) is 36.8 Å². The van der Waals surface area contributed by atoms with E-state index in [2.05, 4.69) is 19.3 Å². The Morgan fingerprint density at radius 3 is 2.16 bits per heavy atom. The zero-order chi connectivity index (χ0) is 32.0. The number of fused-ring (bicyclic) bond motifs is 1. The number of primary amides is 1. The summed E-state index contributed by atoms with van der Waals surface area (Å²) in [6.45, 7) is -1.79. The molecule has 5 rings (SSSR count).